The van der Waals surface area contributed by atoms with E-state index in [9.17, 15) is 9.00 Å². The van der Waals surface area contributed by atoms with Crippen LogP contribution in [-0.2, 0) is 21.3 Å². The number of carbonyl (C=O) groups excluding carboxylic acids is 1. The predicted octanol–water partition coefficient (Wildman–Crippen LogP) is 2.83. The molecule has 0 spiro atoms. The van der Waals surface area contributed by atoms with Crippen LogP contribution in [0.3, 0.4) is 0 Å². The van der Waals surface area contributed by atoms with Crippen molar-refractivity contribution in [1.29, 1.82) is 0 Å². The summed E-state index contributed by atoms with van der Waals surface area (Å²) in [6, 6.07) is 17.3. The summed E-state index contributed by atoms with van der Waals surface area (Å²) in [7, 11) is -1.35. The van der Waals surface area contributed by atoms with E-state index < -0.39 is 16.7 Å². The molecule has 1 atom stereocenters. The van der Waals surface area contributed by atoms with Crippen LogP contribution in [0.5, 0.6) is 0 Å². The van der Waals surface area contributed by atoms with Gasteiger partial charge in [0.25, 0.3) is 0 Å². The molecule has 112 valence electrons. The van der Waals surface area contributed by atoms with Crippen LogP contribution < -0.4 is 5.73 Å². The van der Waals surface area contributed by atoms with Gasteiger partial charge in [0, 0.05) is 27.3 Å². The molecule has 3 rings (SSSR count). The summed E-state index contributed by atoms with van der Waals surface area (Å²) in [4.78, 5) is 11.0. The smallest absolute Gasteiger partial charge is 0.230 e. The molecule has 0 aliphatic rings. The fraction of sp³-hybridized carbons (Fsp3) is 0.118. The molecule has 1 heterocycles. The largest absolute Gasteiger partial charge is 0.456 e. The molecule has 0 aliphatic heterocycles. The fourth-order valence-corrected chi connectivity index (χ4v) is 3.46. The highest BCUT2D eigenvalue weighted by molar-refractivity contribution is 7.84. The van der Waals surface area contributed by atoms with Crippen molar-refractivity contribution in [3.05, 3.63) is 60.2 Å². The quantitative estimate of drug-likeness (QED) is 0.787. The first-order valence-corrected chi connectivity index (χ1v) is 8.33. The second-order valence-electron chi connectivity index (χ2n) is 4.97. The molecule has 0 saturated carbocycles. The molecule has 2 N–H and O–H groups in total. The zero-order valence-corrected chi connectivity index (χ0v) is 12.6. The van der Waals surface area contributed by atoms with Gasteiger partial charge in [0.15, 0.2) is 0 Å². The lowest BCUT2D eigenvalue weighted by atomic mass is 10.1. The van der Waals surface area contributed by atoms with Crippen LogP contribution in [0.4, 0.5) is 0 Å². The Hall–Kier alpha value is -2.40. The number of furan rings is 1. The Morgan fingerprint density at radius 2 is 1.73 bits per heavy atom. The molecule has 0 fully saturated rings. The summed E-state index contributed by atoms with van der Waals surface area (Å²) in [6.07, 6.45) is 0. The minimum absolute atomic E-state index is 0.145. The maximum Gasteiger partial charge on any atom is 0.230 e. The van der Waals surface area contributed by atoms with Crippen LogP contribution in [0.25, 0.3) is 22.3 Å². The molecule has 0 saturated heterocycles. The third kappa shape index (κ3) is 2.94. The summed E-state index contributed by atoms with van der Waals surface area (Å²) in [5, 5.41) is 0.916. The summed E-state index contributed by atoms with van der Waals surface area (Å²) < 4.78 is 18.1. The first-order valence-electron chi connectivity index (χ1n) is 6.84. The lowest BCUT2D eigenvalue weighted by molar-refractivity contribution is -0.115. The molecule has 2 aromatic carbocycles. The Bertz CT molecular complexity index is 839. The number of carbonyl (C=O) groups is 1. The van der Waals surface area contributed by atoms with E-state index in [1.807, 2.05) is 54.6 Å². The first kappa shape index (κ1) is 14.5. The van der Waals surface area contributed by atoms with Crippen molar-refractivity contribution >= 4 is 27.7 Å². The van der Waals surface area contributed by atoms with Crippen LogP contribution in [-0.4, -0.2) is 15.9 Å². The van der Waals surface area contributed by atoms with Gasteiger partial charge in [-0.15, -0.1) is 0 Å². The lowest BCUT2D eigenvalue weighted by Gasteiger charge is -2.03. The van der Waals surface area contributed by atoms with E-state index in [4.69, 9.17) is 10.2 Å². The van der Waals surface area contributed by atoms with Crippen LogP contribution in [0.1, 0.15) is 5.56 Å². The van der Waals surface area contributed by atoms with E-state index in [0.29, 0.717) is 5.76 Å². The number of nitrogens with two attached hydrogens (primary N) is 1. The van der Waals surface area contributed by atoms with Gasteiger partial charge in [-0.1, -0.05) is 48.5 Å². The molecule has 0 radical (unpaired) electrons. The number of primary amides is 1. The van der Waals surface area contributed by atoms with E-state index in [0.717, 1.165) is 22.1 Å². The minimum atomic E-state index is -1.35. The minimum Gasteiger partial charge on any atom is -0.456 e. The molecule has 1 unspecified atom stereocenters. The first-order chi connectivity index (χ1) is 10.6. The van der Waals surface area contributed by atoms with Crippen LogP contribution in [0.15, 0.2) is 59.0 Å². The topological polar surface area (TPSA) is 73.3 Å². The van der Waals surface area contributed by atoms with E-state index in [2.05, 4.69) is 0 Å². The average molecular weight is 313 g/mol. The number of amides is 1. The van der Waals surface area contributed by atoms with Gasteiger partial charge in [-0.25, -0.2) is 0 Å². The van der Waals surface area contributed by atoms with E-state index in [1.54, 1.807) is 0 Å². The monoisotopic (exact) mass is 313 g/mol. The third-order valence-electron chi connectivity index (χ3n) is 3.34. The SMILES string of the molecule is NC(=O)CS(=O)Cc1c(-c2ccccc2)oc2ccccc12. The van der Waals surface area contributed by atoms with Crippen molar-refractivity contribution in [1.82, 2.24) is 0 Å². The van der Waals surface area contributed by atoms with Gasteiger partial charge >= 0.3 is 0 Å². The van der Waals surface area contributed by atoms with Crippen molar-refractivity contribution < 1.29 is 13.4 Å². The molecule has 1 aromatic heterocycles. The highest BCUT2D eigenvalue weighted by Crippen LogP contribution is 2.34. The second-order valence-corrected chi connectivity index (χ2v) is 6.42. The van der Waals surface area contributed by atoms with Crippen molar-refractivity contribution in [2.75, 3.05) is 5.75 Å². The molecule has 0 aliphatic carbocycles. The predicted molar refractivity (Wildman–Crippen MR) is 87.6 cm³/mol. The van der Waals surface area contributed by atoms with Gasteiger partial charge in [0.05, 0.1) is 5.75 Å². The van der Waals surface area contributed by atoms with Crippen molar-refractivity contribution in [3.63, 3.8) is 0 Å². The summed E-state index contributed by atoms with van der Waals surface area (Å²) in [5.74, 6) is 0.227. The van der Waals surface area contributed by atoms with E-state index >= 15 is 0 Å². The number of fused-ring (bicyclic) bond motifs is 1. The standard InChI is InChI=1S/C17H15NO3S/c18-16(19)11-22(20)10-14-13-8-4-5-9-15(13)21-17(14)12-6-2-1-3-7-12/h1-9H,10-11H2,(H2,18,19). The molecule has 1 amide bonds. The molecule has 22 heavy (non-hydrogen) atoms. The van der Waals surface area contributed by atoms with Gasteiger partial charge in [-0.05, 0) is 6.07 Å². The van der Waals surface area contributed by atoms with Crippen molar-refractivity contribution in [2.24, 2.45) is 5.73 Å². The highest BCUT2D eigenvalue weighted by Gasteiger charge is 2.18. The Morgan fingerprint density at radius 3 is 2.45 bits per heavy atom. The molecule has 4 nitrogen and oxygen atoms in total. The summed E-state index contributed by atoms with van der Waals surface area (Å²) in [5.41, 5.74) is 7.64. The number of hydrogen-bond donors (Lipinski definition) is 1. The number of rotatable bonds is 5. The van der Waals surface area contributed by atoms with Crippen LogP contribution >= 0.6 is 0 Å². The Kier molecular flexibility index (Phi) is 4.06. The van der Waals surface area contributed by atoms with Gasteiger partial charge < -0.3 is 10.2 Å². The van der Waals surface area contributed by atoms with Gasteiger partial charge in [-0.2, -0.15) is 0 Å². The van der Waals surface area contributed by atoms with Crippen molar-refractivity contribution in [2.45, 2.75) is 5.75 Å². The zero-order valence-electron chi connectivity index (χ0n) is 11.8. The van der Waals surface area contributed by atoms with Crippen LogP contribution in [0.2, 0.25) is 0 Å². The Balaban J connectivity index is 2.09. The van der Waals surface area contributed by atoms with Gasteiger partial charge in [-0.3, -0.25) is 9.00 Å². The van der Waals surface area contributed by atoms with Gasteiger partial charge in [0.2, 0.25) is 5.91 Å². The molecular formula is C17H15NO3S. The van der Waals surface area contributed by atoms with E-state index in [-0.39, 0.29) is 11.5 Å². The van der Waals surface area contributed by atoms with E-state index in [1.165, 1.54) is 0 Å². The summed E-state index contributed by atoms with van der Waals surface area (Å²) in [6.45, 7) is 0. The molecule has 0 bridgehead atoms. The second kappa shape index (κ2) is 6.15. The number of benzene rings is 2. The number of para-hydroxylation sites is 1. The maximum absolute atomic E-state index is 12.1. The van der Waals surface area contributed by atoms with Gasteiger partial charge in [0.1, 0.15) is 17.1 Å². The highest BCUT2D eigenvalue weighted by atomic mass is 32.2. The Morgan fingerprint density at radius 1 is 1.05 bits per heavy atom. The maximum atomic E-state index is 12.1. The molecule has 3 aromatic rings. The molecule has 5 heteroatoms. The average Bonchev–Trinajstić information content (AvgIpc) is 2.86. The summed E-state index contributed by atoms with van der Waals surface area (Å²) >= 11 is 0. The van der Waals surface area contributed by atoms with Crippen LogP contribution in [0, 0.1) is 0 Å². The zero-order chi connectivity index (χ0) is 15.5. The number of hydrogen-bond acceptors (Lipinski definition) is 3. The molecular weight excluding hydrogens is 298 g/mol. The lowest BCUT2D eigenvalue weighted by Crippen LogP contribution is -2.20. The van der Waals surface area contributed by atoms with Crippen molar-refractivity contribution in [3.8, 4) is 11.3 Å². The third-order valence-corrected chi connectivity index (χ3v) is 4.56. The normalized spacial score (nSPS) is 12.4. The fourth-order valence-electron chi connectivity index (χ4n) is 2.44. The Labute approximate surface area is 130 Å².